The Balaban J connectivity index is 1.49. The minimum Gasteiger partial charge on any atom is -0.497 e. The molecule has 2 saturated heterocycles. The number of methoxy groups -OCH3 is 1. The summed E-state index contributed by atoms with van der Waals surface area (Å²) >= 11 is 0. The smallest absolute Gasteiger partial charge is 0.327 e. The molecule has 2 heterocycles. The second-order valence-corrected chi connectivity index (χ2v) is 9.64. The van der Waals surface area contributed by atoms with Gasteiger partial charge >= 0.3 is 6.03 Å². The van der Waals surface area contributed by atoms with Crippen molar-refractivity contribution in [2.45, 2.75) is 45.2 Å². The number of hydrogen-bond acceptors (Lipinski definition) is 4. The Hall–Kier alpha value is -2.86. The number of ether oxygens (including phenoxy) is 1. The Bertz CT molecular complexity index is 950. The molecule has 2 aliphatic heterocycles. The average molecular weight is 450 g/mol. The van der Waals surface area contributed by atoms with Crippen LogP contribution in [0, 0.1) is 5.92 Å². The minimum atomic E-state index is -0.717. The van der Waals surface area contributed by atoms with Crippen molar-refractivity contribution in [1.29, 1.82) is 0 Å². The number of piperidine rings is 1. The maximum atomic E-state index is 13.6. The first-order valence-electron chi connectivity index (χ1n) is 12.0. The van der Waals surface area contributed by atoms with Gasteiger partial charge in [-0.3, -0.25) is 14.6 Å². The Morgan fingerprint density at radius 3 is 2.21 bits per heavy atom. The fraction of sp³-hybridized carbons (Fsp3) is 0.481. The van der Waals surface area contributed by atoms with E-state index < -0.39 is 5.54 Å². The number of nitrogens with zero attached hydrogens (tertiary/aromatic N) is 3. The molecule has 0 radical (unpaired) electrons. The second kappa shape index (κ2) is 9.96. The highest BCUT2D eigenvalue weighted by Crippen LogP contribution is 2.38. The largest absolute Gasteiger partial charge is 0.497 e. The number of urea groups is 1. The lowest BCUT2D eigenvalue weighted by molar-refractivity contribution is -0.136. The van der Waals surface area contributed by atoms with E-state index in [1.807, 2.05) is 35.2 Å². The van der Waals surface area contributed by atoms with Crippen molar-refractivity contribution in [3.05, 3.63) is 65.7 Å². The van der Waals surface area contributed by atoms with Crippen molar-refractivity contribution in [2.24, 2.45) is 5.92 Å². The molecular formula is C27H35N3O3. The predicted molar refractivity (Wildman–Crippen MR) is 129 cm³/mol. The van der Waals surface area contributed by atoms with Crippen molar-refractivity contribution in [3.63, 3.8) is 0 Å². The normalized spacial score (nSPS) is 18.5. The third-order valence-corrected chi connectivity index (χ3v) is 6.88. The number of benzene rings is 2. The number of amides is 3. The summed E-state index contributed by atoms with van der Waals surface area (Å²) in [6.07, 6.45) is 2.08. The first kappa shape index (κ1) is 23.3. The lowest BCUT2D eigenvalue weighted by atomic mass is 9.85. The standard InChI is InChI=1S/C27H35N3O3/c1-21(2)19-29-25(31)27(14-17-28(18-15-27)20-23-7-5-4-6-8-23)30(26(29)32)16-13-22-9-11-24(33-3)12-10-22/h4-12,21H,13-20H2,1-3H3. The molecule has 0 unspecified atom stereocenters. The van der Waals surface area contributed by atoms with E-state index in [9.17, 15) is 9.59 Å². The van der Waals surface area contributed by atoms with E-state index in [2.05, 4.69) is 43.0 Å². The molecule has 2 aromatic rings. The van der Waals surface area contributed by atoms with Crippen LogP contribution in [0.15, 0.2) is 54.6 Å². The molecule has 0 atom stereocenters. The monoisotopic (exact) mass is 449 g/mol. The SMILES string of the molecule is COc1ccc(CCN2C(=O)N(CC(C)C)C(=O)C23CCN(Cc2ccccc2)CC3)cc1. The Morgan fingerprint density at radius 1 is 0.939 bits per heavy atom. The van der Waals surface area contributed by atoms with Crippen LogP contribution in [0.25, 0.3) is 0 Å². The van der Waals surface area contributed by atoms with E-state index >= 15 is 0 Å². The minimum absolute atomic E-state index is 0.00436. The zero-order chi connectivity index (χ0) is 23.4. The summed E-state index contributed by atoms with van der Waals surface area (Å²) in [7, 11) is 1.65. The van der Waals surface area contributed by atoms with Gasteiger partial charge in [-0.1, -0.05) is 56.3 Å². The van der Waals surface area contributed by atoms with Crippen molar-refractivity contribution < 1.29 is 14.3 Å². The van der Waals surface area contributed by atoms with Gasteiger partial charge in [0.1, 0.15) is 11.3 Å². The highest BCUT2D eigenvalue weighted by Gasteiger charge is 2.57. The number of rotatable bonds is 8. The number of imide groups is 1. The van der Waals surface area contributed by atoms with Crippen LogP contribution in [-0.2, 0) is 17.8 Å². The number of likely N-dealkylation sites (tertiary alicyclic amines) is 1. The number of hydrogen-bond donors (Lipinski definition) is 0. The van der Waals surface area contributed by atoms with Crippen LogP contribution >= 0.6 is 0 Å². The fourth-order valence-electron chi connectivity index (χ4n) is 5.06. The van der Waals surface area contributed by atoms with Crippen LogP contribution in [0.1, 0.15) is 37.8 Å². The van der Waals surface area contributed by atoms with Gasteiger partial charge in [0.2, 0.25) is 0 Å². The summed E-state index contributed by atoms with van der Waals surface area (Å²) in [5.41, 5.74) is 1.70. The first-order valence-corrected chi connectivity index (χ1v) is 12.0. The maximum Gasteiger partial charge on any atom is 0.327 e. The third kappa shape index (κ3) is 4.91. The summed E-state index contributed by atoms with van der Waals surface area (Å²) < 4.78 is 5.25. The molecule has 0 saturated carbocycles. The van der Waals surface area contributed by atoms with E-state index in [-0.39, 0.29) is 17.9 Å². The van der Waals surface area contributed by atoms with Crippen LogP contribution in [-0.4, -0.2) is 65.5 Å². The van der Waals surface area contributed by atoms with Gasteiger partial charge in [-0.2, -0.15) is 0 Å². The molecule has 2 fully saturated rings. The summed E-state index contributed by atoms with van der Waals surface area (Å²) in [5.74, 6) is 1.06. The zero-order valence-corrected chi connectivity index (χ0v) is 20.0. The van der Waals surface area contributed by atoms with Crippen LogP contribution in [0.2, 0.25) is 0 Å². The predicted octanol–water partition coefficient (Wildman–Crippen LogP) is 4.19. The van der Waals surface area contributed by atoms with E-state index in [1.165, 1.54) is 10.5 Å². The number of carbonyl (C=O) groups excluding carboxylic acids is 2. The summed E-state index contributed by atoms with van der Waals surface area (Å²) in [6.45, 7) is 7.62. The van der Waals surface area contributed by atoms with Gasteiger partial charge in [0, 0.05) is 32.7 Å². The van der Waals surface area contributed by atoms with Crippen LogP contribution in [0.4, 0.5) is 4.79 Å². The van der Waals surface area contributed by atoms with Crippen LogP contribution < -0.4 is 4.74 Å². The third-order valence-electron chi connectivity index (χ3n) is 6.88. The molecular weight excluding hydrogens is 414 g/mol. The second-order valence-electron chi connectivity index (χ2n) is 9.64. The maximum absolute atomic E-state index is 13.6. The van der Waals surface area contributed by atoms with Gasteiger partial charge in [-0.05, 0) is 48.4 Å². The molecule has 4 rings (SSSR count). The summed E-state index contributed by atoms with van der Waals surface area (Å²) in [6, 6.07) is 18.2. The van der Waals surface area contributed by atoms with E-state index in [0.717, 1.165) is 30.9 Å². The molecule has 0 aliphatic carbocycles. The quantitative estimate of drug-likeness (QED) is 0.567. The molecule has 2 aromatic carbocycles. The van der Waals surface area contributed by atoms with Crippen molar-refractivity contribution in [3.8, 4) is 5.75 Å². The molecule has 3 amide bonds. The Kier molecular flexibility index (Phi) is 7.03. The molecule has 2 aliphatic rings. The number of carbonyl (C=O) groups is 2. The van der Waals surface area contributed by atoms with Gasteiger partial charge < -0.3 is 9.64 Å². The van der Waals surface area contributed by atoms with Crippen molar-refractivity contribution in [1.82, 2.24) is 14.7 Å². The van der Waals surface area contributed by atoms with Gasteiger partial charge in [0.05, 0.1) is 7.11 Å². The van der Waals surface area contributed by atoms with Gasteiger partial charge in [0.15, 0.2) is 0 Å². The highest BCUT2D eigenvalue weighted by atomic mass is 16.5. The first-order chi connectivity index (χ1) is 15.9. The Labute approximate surface area is 197 Å². The molecule has 1 spiro atoms. The highest BCUT2D eigenvalue weighted by molar-refractivity contribution is 6.07. The summed E-state index contributed by atoms with van der Waals surface area (Å²) in [4.78, 5) is 32.8. The van der Waals surface area contributed by atoms with Gasteiger partial charge in [0.25, 0.3) is 5.91 Å². The lowest BCUT2D eigenvalue weighted by Gasteiger charge is -2.42. The molecule has 6 nitrogen and oxygen atoms in total. The average Bonchev–Trinajstić information content (AvgIpc) is 3.01. The fourth-order valence-corrected chi connectivity index (χ4v) is 5.06. The topological polar surface area (TPSA) is 53.1 Å². The summed E-state index contributed by atoms with van der Waals surface area (Å²) in [5, 5.41) is 0. The molecule has 0 aromatic heterocycles. The van der Waals surface area contributed by atoms with E-state index in [1.54, 1.807) is 7.11 Å². The van der Waals surface area contributed by atoms with Crippen molar-refractivity contribution in [2.75, 3.05) is 33.3 Å². The molecule has 0 bridgehead atoms. The van der Waals surface area contributed by atoms with Gasteiger partial charge in [-0.25, -0.2) is 4.79 Å². The zero-order valence-electron chi connectivity index (χ0n) is 20.0. The van der Waals surface area contributed by atoms with Gasteiger partial charge in [-0.15, -0.1) is 0 Å². The van der Waals surface area contributed by atoms with Crippen LogP contribution in [0.3, 0.4) is 0 Å². The van der Waals surface area contributed by atoms with E-state index in [0.29, 0.717) is 32.4 Å². The lowest BCUT2D eigenvalue weighted by Crippen LogP contribution is -2.56. The molecule has 6 heteroatoms. The van der Waals surface area contributed by atoms with Crippen molar-refractivity contribution >= 4 is 11.9 Å². The molecule has 33 heavy (non-hydrogen) atoms. The Morgan fingerprint density at radius 2 is 1.61 bits per heavy atom. The van der Waals surface area contributed by atoms with Crippen LogP contribution in [0.5, 0.6) is 5.75 Å². The molecule has 0 N–H and O–H groups in total. The van der Waals surface area contributed by atoms with E-state index in [4.69, 9.17) is 4.74 Å². The molecule has 176 valence electrons.